The summed E-state index contributed by atoms with van der Waals surface area (Å²) in [5, 5.41) is 10.1. The summed E-state index contributed by atoms with van der Waals surface area (Å²) in [7, 11) is 2.22. The molecule has 2 aliphatic rings. The lowest BCUT2D eigenvalue weighted by molar-refractivity contribution is 0.333. The first kappa shape index (κ1) is 13.7. The van der Waals surface area contributed by atoms with E-state index in [-0.39, 0.29) is 0 Å². The first-order chi connectivity index (χ1) is 9.65. The summed E-state index contributed by atoms with van der Waals surface area (Å²) < 4.78 is 0. The molecule has 3 rings (SSSR count). The van der Waals surface area contributed by atoms with Gasteiger partial charge in [0.2, 0.25) is 0 Å². The van der Waals surface area contributed by atoms with Crippen molar-refractivity contribution < 1.29 is 5.11 Å². The van der Waals surface area contributed by atoms with Crippen molar-refractivity contribution in [2.24, 2.45) is 0 Å². The fourth-order valence-corrected chi connectivity index (χ4v) is 3.62. The molecule has 0 amide bonds. The van der Waals surface area contributed by atoms with E-state index < -0.39 is 0 Å². The summed E-state index contributed by atoms with van der Waals surface area (Å²) in [6, 6.07) is 4.23. The van der Waals surface area contributed by atoms with Crippen molar-refractivity contribution in [2.45, 2.75) is 44.9 Å². The van der Waals surface area contributed by atoms with E-state index in [0.717, 1.165) is 25.1 Å². The van der Waals surface area contributed by atoms with Crippen LogP contribution in [0.3, 0.4) is 0 Å². The summed E-state index contributed by atoms with van der Waals surface area (Å²) in [6.45, 7) is 4.20. The molecule has 1 atom stereocenters. The molecule has 1 aliphatic heterocycles. The van der Waals surface area contributed by atoms with Crippen LogP contribution < -0.4 is 0 Å². The molecule has 1 aliphatic carbocycles. The third-order valence-corrected chi connectivity index (χ3v) is 4.86. The molecule has 0 saturated carbocycles. The number of phenols is 1. The van der Waals surface area contributed by atoms with Crippen LogP contribution in [0, 0.1) is 6.92 Å². The third-order valence-electron chi connectivity index (χ3n) is 4.86. The Hall–Kier alpha value is -1.28. The first-order valence-electron chi connectivity index (χ1n) is 7.85. The second-order valence-electron chi connectivity index (χ2n) is 6.43. The van der Waals surface area contributed by atoms with Gasteiger partial charge < -0.3 is 10.0 Å². The molecule has 1 aromatic rings. The summed E-state index contributed by atoms with van der Waals surface area (Å²) in [5.74, 6) is 0.930. The van der Waals surface area contributed by atoms with Gasteiger partial charge in [-0.2, -0.15) is 0 Å². The number of phenolic OH excluding ortho intramolecular Hbond substituents is 1. The Morgan fingerprint density at radius 3 is 2.80 bits per heavy atom. The topological polar surface area (TPSA) is 23.5 Å². The van der Waals surface area contributed by atoms with E-state index in [1.54, 1.807) is 5.57 Å². The fraction of sp³-hybridized carbons (Fsp3) is 0.556. The van der Waals surface area contributed by atoms with Gasteiger partial charge in [-0.15, -0.1) is 0 Å². The zero-order chi connectivity index (χ0) is 14.1. The maximum absolute atomic E-state index is 10.1. The molecule has 1 heterocycles. The first-order valence-corrected chi connectivity index (χ1v) is 7.85. The highest BCUT2D eigenvalue weighted by atomic mass is 16.3. The van der Waals surface area contributed by atoms with Gasteiger partial charge in [0, 0.05) is 19.0 Å². The van der Waals surface area contributed by atoms with E-state index in [1.165, 1.54) is 36.8 Å². The summed E-state index contributed by atoms with van der Waals surface area (Å²) in [5.41, 5.74) is 5.39. The maximum Gasteiger partial charge on any atom is 0.118 e. The molecule has 0 saturated heterocycles. The average molecular weight is 271 g/mol. The molecule has 2 nitrogen and oxygen atoms in total. The lowest BCUT2D eigenvalue weighted by Crippen LogP contribution is -2.25. The van der Waals surface area contributed by atoms with Gasteiger partial charge in [0.15, 0.2) is 0 Å². The number of rotatable bonds is 1. The molecule has 20 heavy (non-hydrogen) atoms. The molecular formula is C18H25NO. The van der Waals surface area contributed by atoms with Crippen molar-refractivity contribution in [2.75, 3.05) is 20.1 Å². The molecular weight excluding hydrogens is 246 g/mol. The van der Waals surface area contributed by atoms with E-state index in [2.05, 4.69) is 24.1 Å². The number of hydrogen-bond donors (Lipinski definition) is 1. The van der Waals surface area contributed by atoms with E-state index >= 15 is 0 Å². The van der Waals surface area contributed by atoms with Gasteiger partial charge in [-0.25, -0.2) is 0 Å². The minimum atomic E-state index is 0.453. The van der Waals surface area contributed by atoms with Gasteiger partial charge in [-0.05, 0) is 68.8 Å². The zero-order valence-corrected chi connectivity index (χ0v) is 12.7. The zero-order valence-electron chi connectivity index (χ0n) is 12.7. The Bertz CT molecular complexity index is 532. The van der Waals surface area contributed by atoms with E-state index in [1.807, 2.05) is 13.0 Å². The molecule has 0 fully saturated rings. The van der Waals surface area contributed by atoms with Crippen LogP contribution in [0.4, 0.5) is 0 Å². The SMILES string of the molecule is Cc1cc2c(cc1O)[C@H](C1=CCCCC1)CN(C)CC2. The number of nitrogens with zero attached hydrogens (tertiary/aromatic N) is 1. The van der Waals surface area contributed by atoms with Crippen LogP contribution in [-0.4, -0.2) is 30.1 Å². The molecule has 0 radical (unpaired) electrons. The van der Waals surface area contributed by atoms with Crippen molar-refractivity contribution >= 4 is 0 Å². The molecule has 0 spiro atoms. The molecule has 0 bridgehead atoms. The fourth-order valence-electron chi connectivity index (χ4n) is 3.62. The van der Waals surface area contributed by atoms with Crippen LogP contribution >= 0.6 is 0 Å². The van der Waals surface area contributed by atoms with Gasteiger partial charge in [0.25, 0.3) is 0 Å². The number of likely N-dealkylation sites (N-methyl/N-ethyl adjacent to an activating group) is 1. The van der Waals surface area contributed by atoms with Gasteiger partial charge in [-0.1, -0.05) is 17.7 Å². The molecule has 0 aromatic heterocycles. The molecule has 1 N–H and O–H groups in total. The maximum atomic E-state index is 10.1. The van der Waals surface area contributed by atoms with Gasteiger partial charge in [-0.3, -0.25) is 0 Å². The number of allylic oxidation sites excluding steroid dienone is 1. The minimum Gasteiger partial charge on any atom is -0.508 e. The predicted octanol–water partition coefficient (Wildman–Crippen LogP) is 3.77. The Labute approximate surface area is 122 Å². The lowest BCUT2D eigenvalue weighted by Gasteiger charge is -2.26. The highest BCUT2D eigenvalue weighted by molar-refractivity contribution is 5.46. The van der Waals surface area contributed by atoms with Gasteiger partial charge in [0.1, 0.15) is 5.75 Å². The van der Waals surface area contributed by atoms with Crippen molar-refractivity contribution in [3.63, 3.8) is 0 Å². The highest BCUT2D eigenvalue weighted by Crippen LogP contribution is 2.38. The van der Waals surface area contributed by atoms with Crippen LogP contribution in [0.25, 0.3) is 0 Å². The summed E-state index contributed by atoms with van der Waals surface area (Å²) >= 11 is 0. The van der Waals surface area contributed by atoms with E-state index in [9.17, 15) is 5.11 Å². The summed E-state index contributed by atoms with van der Waals surface area (Å²) in [4.78, 5) is 2.44. The molecule has 1 aromatic carbocycles. The molecule has 2 heteroatoms. The standard InChI is InChI=1S/C18H25NO/c1-13-10-15-8-9-19(2)12-17(16(15)11-18(13)20)14-6-4-3-5-7-14/h6,10-11,17,20H,3-5,7-9,12H2,1-2H3/t17-/m0/s1. The van der Waals surface area contributed by atoms with Crippen LogP contribution in [0.2, 0.25) is 0 Å². The lowest BCUT2D eigenvalue weighted by atomic mass is 9.82. The van der Waals surface area contributed by atoms with Crippen LogP contribution in [-0.2, 0) is 6.42 Å². The van der Waals surface area contributed by atoms with Gasteiger partial charge in [0.05, 0.1) is 0 Å². The molecule has 108 valence electrons. The average Bonchev–Trinajstić information content (AvgIpc) is 2.61. The molecule has 0 unspecified atom stereocenters. The van der Waals surface area contributed by atoms with Crippen molar-refractivity contribution in [1.82, 2.24) is 4.90 Å². The second kappa shape index (κ2) is 5.61. The van der Waals surface area contributed by atoms with E-state index in [4.69, 9.17) is 0 Å². The minimum absolute atomic E-state index is 0.453. The number of aryl methyl sites for hydroxylation is 1. The highest BCUT2D eigenvalue weighted by Gasteiger charge is 2.26. The van der Waals surface area contributed by atoms with Crippen molar-refractivity contribution in [3.05, 3.63) is 40.5 Å². The number of fused-ring (bicyclic) bond motifs is 1. The predicted molar refractivity (Wildman–Crippen MR) is 83.3 cm³/mol. The normalized spacial score (nSPS) is 23.9. The summed E-state index contributed by atoms with van der Waals surface area (Å²) in [6.07, 6.45) is 8.65. The van der Waals surface area contributed by atoms with Crippen molar-refractivity contribution in [3.8, 4) is 5.75 Å². The van der Waals surface area contributed by atoms with Crippen LogP contribution in [0.1, 0.15) is 48.3 Å². The number of hydrogen-bond acceptors (Lipinski definition) is 2. The van der Waals surface area contributed by atoms with Crippen LogP contribution in [0.5, 0.6) is 5.75 Å². The van der Waals surface area contributed by atoms with Crippen molar-refractivity contribution in [1.29, 1.82) is 0 Å². The smallest absolute Gasteiger partial charge is 0.118 e. The number of aromatic hydroxyl groups is 1. The Kier molecular flexibility index (Phi) is 3.84. The Morgan fingerprint density at radius 2 is 2.05 bits per heavy atom. The second-order valence-corrected chi connectivity index (χ2v) is 6.43. The Morgan fingerprint density at radius 1 is 1.20 bits per heavy atom. The van der Waals surface area contributed by atoms with Crippen LogP contribution in [0.15, 0.2) is 23.8 Å². The Balaban J connectivity index is 2.04. The largest absolute Gasteiger partial charge is 0.508 e. The van der Waals surface area contributed by atoms with E-state index in [0.29, 0.717) is 11.7 Å². The number of benzene rings is 1. The quantitative estimate of drug-likeness (QED) is 0.786. The monoisotopic (exact) mass is 271 g/mol. The third kappa shape index (κ3) is 2.62. The van der Waals surface area contributed by atoms with Gasteiger partial charge >= 0.3 is 0 Å².